The summed E-state index contributed by atoms with van der Waals surface area (Å²) in [4.78, 5) is 1.60. The van der Waals surface area contributed by atoms with E-state index in [0.29, 0.717) is 13.1 Å². The second kappa shape index (κ2) is 5.37. The number of alkyl halides is 2. The average molecular weight is 257 g/mol. The Kier molecular flexibility index (Phi) is 3.86. The first-order valence-electron chi connectivity index (χ1n) is 5.30. The maximum Gasteiger partial charge on any atom is 0.255 e. The molecule has 0 saturated heterocycles. The largest absolute Gasteiger partial charge is 0.355 e. The molecular formula is C11H13F2N3S. The van der Waals surface area contributed by atoms with Gasteiger partial charge in [-0.25, -0.2) is 8.78 Å². The lowest BCUT2D eigenvalue weighted by atomic mass is 10.2. The van der Waals surface area contributed by atoms with Crippen LogP contribution in [0, 0.1) is 0 Å². The molecule has 0 atom stereocenters. The highest BCUT2D eigenvalue weighted by molar-refractivity contribution is 7.11. The van der Waals surface area contributed by atoms with Crippen molar-refractivity contribution in [2.45, 2.75) is 6.43 Å². The molecule has 1 heterocycles. The Morgan fingerprint density at radius 1 is 1.35 bits per heavy atom. The molecule has 0 bridgehead atoms. The second-order valence-corrected chi connectivity index (χ2v) is 4.38. The first kappa shape index (κ1) is 12.2. The van der Waals surface area contributed by atoms with E-state index in [4.69, 9.17) is 5.73 Å². The molecule has 2 rings (SSSR count). The molecular weight excluding hydrogens is 244 g/mol. The van der Waals surface area contributed by atoms with Crippen molar-refractivity contribution < 1.29 is 8.78 Å². The van der Waals surface area contributed by atoms with Gasteiger partial charge in [0.25, 0.3) is 6.43 Å². The highest BCUT2D eigenvalue weighted by atomic mass is 32.1. The Hall–Kier alpha value is -1.27. The summed E-state index contributed by atoms with van der Waals surface area (Å²) in [6.45, 7) is 0.457. The van der Waals surface area contributed by atoms with E-state index in [-0.39, 0.29) is 6.54 Å². The van der Waals surface area contributed by atoms with Crippen molar-refractivity contribution >= 4 is 27.4 Å². The standard InChI is InChI=1S/C11H13F2N3S/c12-10(13)7-16(6-5-14)11-8-3-1-2-4-9(8)15-17-11/h1-4,10H,5-7,14H2. The van der Waals surface area contributed by atoms with Crippen LogP contribution in [0.1, 0.15) is 0 Å². The summed E-state index contributed by atoms with van der Waals surface area (Å²) in [6.07, 6.45) is -2.37. The molecule has 0 radical (unpaired) electrons. The van der Waals surface area contributed by atoms with Crippen molar-refractivity contribution in [2.24, 2.45) is 5.73 Å². The minimum absolute atomic E-state index is 0.302. The van der Waals surface area contributed by atoms with Crippen LogP contribution in [0.25, 0.3) is 10.9 Å². The molecule has 0 spiro atoms. The van der Waals surface area contributed by atoms with E-state index in [1.165, 1.54) is 11.5 Å². The quantitative estimate of drug-likeness (QED) is 0.894. The lowest BCUT2D eigenvalue weighted by Crippen LogP contribution is -2.33. The van der Waals surface area contributed by atoms with Gasteiger partial charge in [0, 0.05) is 18.5 Å². The smallest absolute Gasteiger partial charge is 0.255 e. The van der Waals surface area contributed by atoms with Gasteiger partial charge in [-0.2, -0.15) is 4.37 Å². The van der Waals surface area contributed by atoms with Gasteiger partial charge in [-0.1, -0.05) is 12.1 Å². The number of anilines is 1. The third kappa shape index (κ3) is 2.70. The topological polar surface area (TPSA) is 42.1 Å². The molecule has 1 aromatic carbocycles. The number of rotatable bonds is 5. The van der Waals surface area contributed by atoms with Crippen molar-refractivity contribution in [1.82, 2.24) is 4.37 Å². The zero-order valence-electron chi connectivity index (χ0n) is 9.14. The van der Waals surface area contributed by atoms with Crippen LogP contribution < -0.4 is 10.6 Å². The van der Waals surface area contributed by atoms with Crippen LogP contribution in [0.5, 0.6) is 0 Å². The van der Waals surface area contributed by atoms with Gasteiger partial charge in [-0.15, -0.1) is 0 Å². The summed E-state index contributed by atoms with van der Waals surface area (Å²) in [7, 11) is 0. The summed E-state index contributed by atoms with van der Waals surface area (Å²) in [5.74, 6) is 0. The average Bonchev–Trinajstić information content (AvgIpc) is 2.71. The molecule has 0 unspecified atom stereocenters. The van der Waals surface area contributed by atoms with Crippen molar-refractivity contribution in [3.05, 3.63) is 24.3 Å². The monoisotopic (exact) mass is 257 g/mol. The van der Waals surface area contributed by atoms with Gasteiger partial charge < -0.3 is 10.6 Å². The minimum Gasteiger partial charge on any atom is -0.355 e. The van der Waals surface area contributed by atoms with Crippen molar-refractivity contribution in [2.75, 3.05) is 24.5 Å². The van der Waals surface area contributed by atoms with E-state index in [1.54, 1.807) is 4.90 Å². The fraction of sp³-hybridized carbons (Fsp3) is 0.364. The lowest BCUT2D eigenvalue weighted by molar-refractivity contribution is 0.155. The first-order valence-corrected chi connectivity index (χ1v) is 6.07. The SMILES string of the molecule is NCCN(CC(F)F)c1snc2ccccc12. The number of benzene rings is 1. The van der Waals surface area contributed by atoms with E-state index >= 15 is 0 Å². The van der Waals surface area contributed by atoms with Crippen molar-refractivity contribution in [3.8, 4) is 0 Å². The Labute approximate surface area is 102 Å². The van der Waals surface area contributed by atoms with Crippen molar-refractivity contribution in [1.29, 1.82) is 0 Å². The number of nitrogens with two attached hydrogens (primary N) is 1. The highest BCUT2D eigenvalue weighted by Gasteiger charge is 2.16. The number of aromatic nitrogens is 1. The van der Waals surface area contributed by atoms with Gasteiger partial charge in [0.1, 0.15) is 5.00 Å². The summed E-state index contributed by atoms with van der Waals surface area (Å²) in [5, 5.41) is 1.68. The Morgan fingerprint density at radius 2 is 2.12 bits per heavy atom. The van der Waals surface area contributed by atoms with Crippen molar-refractivity contribution in [3.63, 3.8) is 0 Å². The van der Waals surface area contributed by atoms with Crippen LogP contribution in [0.15, 0.2) is 24.3 Å². The van der Waals surface area contributed by atoms with Crippen LogP contribution in [0.3, 0.4) is 0 Å². The molecule has 6 heteroatoms. The van der Waals surface area contributed by atoms with E-state index < -0.39 is 6.43 Å². The Bertz CT molecular complexity index is 486. The summed E-state index contributed by atoms with van der Waals surface area (Å²) < 4.78 is 29.2. The summed E-state index contributed by atoms with van der Waals surface area (Å²) in [5.41, 5.74) is 6.29. The molecule has 0 aliphatic carbocycles. The second-order valence-electron chi connectivity index (χ2n) is 3.63. The third-order valence-corrected chi connectivity index (χ3v) is 3.35. The maximum absolute atomic E-state index is 12.5. The van der Waals surface area contributed by atoms with E-state index in [2.05, 4.69) is 4.37 Å². The van der Waals surface area contributed by atoms with E-state index in [9.17, 15) is 8.78 Å². The fourth-order valence-electron chi connectivity index (χ4n) is 1.70. The molecule has 3 nitrogen and oxygen atoms in total. The number of hydrogen-bond donors (Lipinski definition) is 1. The minimum atomic E-state index is -2.37. The molecule has 1 aromatic heterocycles. The molecule has 2 N–H and O–H groups in total. The van der Waals surface area contributed by atoms with Gasteiger partial charge in [-0.3, -0.25) is 0 Å². The molecule has 0 saturated carbocycles. The van der Waals surface area contributed by atoms with Gasteiger partial charge in [0.05, 0.1) is 12.1 Å². The molecule has 0 aliphatic heterocycles. The van der Waals surface area contributed by atoms with Crippen LogP contribution in [0.4, 0.5) is 13.8 Å². The maximum atomic E-state index is 12.5. The third-order valence-electron chi connectivity index (χ3n) is 2.41. The summed E-state index contributed by atoms with van der Waals surface area (Å²) >= 11 is 1.24. The predicted molar refractivity (Wildman–Crippen MR) is 66.9 cm³/mol. The molecule has 2 aromatic rings. The molecule has 92 valence electrons. The van der Waals surface area contributed by atoms with E-state index in [0.717, 1.165) is 15.9 Å². The van der Waals surface area contributed by atoms with Gasteiger partial charge in [-0.05, 0) is 23.7 Å². The van der Waals surface area contributed by atoms with Gasteiger partial charge in [0.2, 0.25) is 0 Å². The molecule has 0 fully saturated rings. The van der Waals surface area contributed by atoms with E-state index in [1.807, 2.05) is 24.3 Å². The normalized spacial score (nSPS) is 11.3. The highest BCUT2D eigenvalue weighted by Crippen LogP contribution is 2.31. The van der Waals surface area contributed by atoms with Crippen LogP contribution in [-0.2, 0) is 0 Å². The summed E-state index contributed by atoms with van der Waals surface area (Å²) in [6, 6.07) is 7.52. The number of fused-ring (bicyclic) bond motifs is 1. The van der Waals surface area contributed by atoms with Crippen LogP contribution >= 0.6 is 11.5 Å². The fourth-order valence-corrected chi connectivity index (χ4v) is 2.60. The zero-order valence-corrected chi connectivity index (χ0v) is 9.96. The van der Waals surface area contributed by atoms with Crippen LogP contribution in [-0.4, -0.2) is 30.4 Å². The molecule has 0 amide bonds. The number of hydrogen-bond acceptors (Lipinski definition) is 4. The lowest BCUT2D eigenvalue weighted by Gasteiger charge is -2.21. The molecule has 0 aliphatic rings. The Morgan fingerprint density at radius 3 is 2.82 bits per heavy atom. The predicted octanol–water partition coefficient (Wildman–Crippen LogP) is 2.33. The van der Waals surface area contributed by atoms with Gasteiger partial charge >= 0.3 is 0 Å². The van der Waals surface area contributed by atoms with Crippen LogP contribution in [0.2, 0.25) is 0 Å². The zero-order chi connectivity index (χ0) is 12.3. The number of nitrogens with zero attached hydrogens (tertiary/aromatic N) is 2. The Balaban J connectivity index is 2.34. The first-order chi connectivity index (χ1) is 8.22. The number of halogens is 2. The van der Waals surface area contributed by atoms with Gasteiger partial charge in [0.15, 0.2) is 0 Å². The molecule has 17 heavy (non-hydrogen) atoms.